The first-order valence-electron chi connectivity index (χ1n) is 4.78. The SMILES string of the molecule is CN1N=CC(Cc2ccccc2)SC1=O. The molecule has 0 radical (unpaired) electrons. The first-order chi connectivity index (χ1) is 7.25. The van der Waals surface area contributed by atoms with Gasteiger partial charge in [0.15, 0.2) is 0 Å². The number of hydrogen-bond donors (Lipinski definition) is 0. The predicted molar refractivity (Wildman–Crippen MR) is 63.2 cm³/mol. The van der Waals surface area contributed by atoms with Gasteiger partial charge in [0.2, 0.25) is 0 Å². The van der Waals surface area contributed by atoms with Crippen LogP contribution in [0.15, 0.2) is 35.4 Å². The number of hydrazone groups is 1. The summed E-state index contributed by atoms with van der Waals surface area (Å²) in [6.07, 6.45) is 2.69. The molecule has 1 aliphatic heterocycles. The number of carbonyl (C=O) groups is 1. The summed E-state index contributed by atoms with van der Waals surface area (Å²) in [5, 5.41) is 5.57. The van der Waals surface area contributed by atoms with E-state index in [4.69, 9.17) is 0 Å². The Labute approximate surface area is 93.2 Å². The fraction of sp³-hybridized carbons (Fsp3) is 0.273. The van der Waals surface area contributed by atoms with E-state index < -0.39 is 0 Å². The van der Waals surface area contributed by atoms with Crippen molar-refractivity contribution in [2.24, 2.45) is 5.10 Å². The molecule has 0 N–H and O–H groups in total. The summed E-state index contributed by atoms with van der Waals surface area (Å²) in [6, 6.07) is 10.1. The molecular weight excluding hydrogens is 208 g/mol. The third-order valence-electron chi connectivity index (χ3n) is 2.20. The van der Waals surface area contributed by atoms with Gasteiger partial charge in [-0.25, -0.2) is 5.01 Å². The molecule has 0 bridgehead atoms. The minimum Gasteiger partial charge on any atom is -0.260 e. The lowest BCUT2D eigenvalue weighted by Gasteiger charge is -2.20. The van der Waals surface area contributed by atoms with Gasteiger partial charge in [-0.15, -0.1) is 0 Å². The second kappa shape index (κ2) is 4.49. The summed E-state index contributed by atoms with van der Waals surface area (Å²) in [7, 11) is 1.67. The first kappa shape index (κ1) is 10.2. The zero-order chi connectivity index (χ0) is 10.7. The Morgan fingerprint density at radius 3 is 2.80 bits per heavy atom. The second-order valence-electron chi connectivity index (χ2n) is 3.40. The van der Waals surface area contributed by atoms with Gasteiger partial charge in [-0.1, -0.05) is 42.1 Å². The van der Waals surface area contributed by atoms with Gasteiger partial charge in [0, 0.05) is 13.3 Å². The molecule has 4 heteroatoms. The maximum atomic E-state index is 11.4. The number of hydrogen-bond acceptors (Lipinski definition) is 3. The molecule has 1 aromatic rings. The van der Waals surface area contributed by atoms with Crippen molar-refractivity contribution in [3.63, 3.8) is 0 Å². The van der Waals surface area contributed by atoms with E-state index in [0.29, 0.717) is 0 Å². The van der Waals surface area contributed by atoms with E-state index in [9.17, 15) is 4.79 Å². The van der Waals surface area contributed by atoms with Crippen LogP contribution in [0.25, 0.3) is 0 Å². The van der Waals surface area contributed by atoms with Crippen LogP contribution in [0, 0.1) is 0 Å². The Morgan fingerprint density at radius 1 is 1.40 bits per heavy atom. The van der Waals surface area contributed by atoms with Crippen LogP contribution in [0.3, 0.4) is 0 Å². The minimum atomic E-state index is 0.0124. The van der Waals surface area contributed by atoms with E-state index in [1.54, 1.807) is 7.05 Å². The van der Waals surface area contributed by atoms with Crippen molar-refractivity contribution in [2.75, 3.05) is 7.05 Å². The highest BCUT2D eigenvalue weighted by Crippen LogP contribution is 2.21. The summed E-state index contributed by atoms with van der Waals surface area (Å²) >= 11 is 1.33. The molecular formula is C11H12N2OS. The van der Waals surface area contributed by atoms with E-state index >= 15 is 0 Å². The Hall–Kier alpha value is -1.29. The highest BCUT2D eigenvalue weighted by molar-refractivity contribution is 8.14. The third kappa shape index (κ3) is 2.59. The fourth-order valence-electron chi connectivity index (χ4n) is 1.40. The summed E-state index contributed by atoms with van der Waals surface area (Å²) in [6.45, 7) is 0. The summed E-state index contributed by atoms with van der Waals surface area (Å²) in [5.74, 6) is 0. The van der Waals surface area contributed by atoms with Crippen LogP contribution < -0.4 is 0 Å². The van der Waals surface area contributed by atoms with Crippen molar-refractivity contribution >= 4 is 23.2 Å². The highest BCUT2D eigenvalue weighted by atomic mass is 32.2. The lowest BCUT2D eigenvalue weighted by Crippen LogP contribution is -2.27. The summed E-state index contributed by atoms with van der Waals surface area (Å²) in [4.78, 5) is 11.4. The molecule has 0 aromatic heterocycles. The average molecular weight is 220 g/mol. The number of nitrogens with zero attached hydrogens (tertiary/aromatic N) is 2. The van der Waals surface area contributed by atoms with Gasteiger partial charge in [-0.3, -0.25) is 4.79 Å². The molecule has 1 aromatic carbocycles. The molecule has 0 saturated carbocycles. The van der Waals surface area contributed by atoms with E-state index in [2.05, 4.69) is 17.2 Å². The Balaban J connectivity index is 2.03. The quantitative estimate of drug-likeness (QED) is 0.766. The topological polar surface area (TPSA) is 32.7 Å². The Kier molecular flexibility index (Phi) is 3.06. The zero-order valence-corrected chi connectivity index (χ0v) is 9.28. The van der Waals surface area contributed by atoms with E-state index in [1.165, 1.54) is 22.3 Å². The number of thioether (sulfide) groups is 1. The Morgan fingerprint density at radius 2 is 2.13 bits per heavy atom. The van der Waals surface area contributed by atoms with E-state index in [0.717, 1.165) is 6.42 Å². The van der Waals surface area contributed by atoms with Crippen LogP contribution in [0.4, 0.5) is 4.79 Å². The number of amides is 1. The molecule has 1 atom stereocenters. The second-order valence-corrected chi connectivity index (χ2v) is 4.59. The lowest BCUT2D eigenvalue weighted by molar-refractivity contribution is 0.235. The normalized spacial score (nSPS) is 20.7. The van der Waals surface area contributed by atoms with Crippen molar-refractivity contribution in [3.05, 3.63) is 35.9 Å². The maximum absolute atomic E-state index is 11.4. The maximum Gasteiger partial charge on any atom is 0.302 e. The summed E-state index contributed by atoms with van der Waals surface area (Å²) in [5.41, 5.74) is 1.24. The van der Waals surface area contributed by atoms with Crippen LogP contribution in [-0.4, -0.2) is 28.8 Å². The molecule has 0 aliphatic carbocycles. The first-order valence-corrected chi connectivity index (χ1v) is 5.66. The van der Waals surface area contributed by atoms with Crippen LogP contribution >= 0.6 is 11.8 Å². The van der Waals surface area contributed by atoms with Gasteiger partial charge in [0.25, 0.3) is 0 Å². The monoisotopic (exact) mass is 220 g/mol. The van der Waals surface area contributed by atoms with Gasteiger partial charge in [0.1, 0.15) is 0 Å². The molecule has 1 amide bonds. The van der Waals surface area contributed by atoms with E-state index in [1.807, 2.05) is 24.4 Å². The van der Waals surface area contributed by atoms with Crippen LogP contribution in [-0.2, 0) is 6.42 Å². The van der Waals surface area contributed by atoms with Crippen molar-refractivity contribution in [3.8, 4) is 0 Å². The van der Waals surface area contributed by atoms with Gasteiger partial charge in [-0.2, -0.15) is 5.10 Å². The molecule has 0 fully saturated rings. The smallest absolute Gasteiger partial charge is 0.260 e. The largest absolute Gasteiger partial charge is 0.302 e. The minimum absolute atomic E-state index is 0.0124. The molecule has 1 aliphatic rings. The van der Waals surface area contributed by atoms with Crippen LogP contribution in [0.5, 0.6) is 0 Å². The number of benzene rings is 1. The fourth-order valence-corrected chi connectivity index (χ4v) is 2.25. The molecule has 1 heterocycles. The van der Waals surface area contributed by atoms with Gasteiger partial charge in [-0.05, 0) is 12.0 Å². The molecule has 1 unspecified atom stereocenters. The number of rotatable bonds is 2. The van der Waals surface area contributed by atoms with Crippen molar-refractivity contribution in [1.82, 2.24) is 5.01 Å². The van der Waals surface area contributed by atoms with Gasteiger partial charge in [0.05, 0.1) is 5.25 Å². The van der Waals surface area contributed by atoms with Crippen molar-refractivity contribution in [1.29, 1.82) is 0 Å². The number of carbonyl (C=O) groups excluding carboxylic acids is 1. The van der Waals surface area contributed by atoms with Crippen LogP contribution in [0.2, 0.25) is 0 Å². The summed E-state index contributed by atoms with van der Waals surface area (Å²) < 4.78 is 0. The van der Waals surface area contributed by atoms with Crippen molar-refractivity contribution < 1.29 is 4.79 Å². The lowest BCUT2D eigenvalue weighted by atomic mass is 10.1. The third-order valence-corrected chi connectivity index (χ3v) is 3.26. The predicted octanol–water partition coefficient (Wildman–Crippen LogP) is 2.38. The van der Waals surface area contributed by atoms with Gasteiger partial charge < -0.3 is 0 Å². The molecule has 78 valence electrons. The molecule has 2 rings (SSSR count). The van der Waals surface area contributed by atoms with E-state index in [-0.39, 0.29) is 10.5 Å². The average Bonchev–Trinajstić information content (AvgIpc) is 2.25. The molecule has 0 saturated heterocycles. The Bertz CT molecular complexity index is 377. The zero-order valence-electron chi connectivity index (χ0n) is 8.46. The highest BCUT2D eigenvalue weighted by Gasteiger charge is 2.20. The van der Waals surface area contributed by atoms with Crippen LogP contribution in [0.1, 0.15) is 5.56 Å². The van der Waals surface area contributed by atoms with Crippen molar-refractivity contribution in [2.45, 2.75) is 11.7 Å². The molecule has 3 nitrogen and oxygen atoms in total. The van der Waals surface area contributed by atoms with Gasteiger partial charge >= 0.3 is 5.24 Å². The standard InChI is InChI=1S/C11H12N2OS/c1-13-11(14)15-10(8-12-13)7-9-5-3-2-4-6-9/h2-6,8,10H,7H2,1H3. The molecule has 15 heavy (non-hydrogen) atoms. The molecule has 0 spiro atoms.